The highest BCUT2D eigenvalue weighted by Crippen LogP contribution is 2.41. The Hall–Kier alpha value is -4.20. The highest BCUT2D eigenvalue weighted by Gasteiger charge is 2.46. The smallest absolute Gasteiger partial charge is 0.295 e. The lowest BCUT2D eigenvalue weighted by molar-refractivity contribution is -0.140. The van der Waals surface area contributed by atoms with Gasteiger partial charge in [-0.3, -0.25) is 14.6 Å². The van der Waals surface area contributed by atoms with E-state index in [1.54, 1.807) is 49.7 Å². The summed E-state index contributed by atoms with van der Waals surface area (Å²) in [5, 5.41) is 11.1. The van der Waals surface area contributed by atoms with Crippen LogP contribution in [-0.2, 0) is 16.1 Å². The molecular formula is C25H21FN2O5. The largest absolute Gasteiger partial charge is 0.507 e. The standard InChI is InChI=1S/C25H21FN2O5/c1-32-18-8-5-15(6-9-18)14-28-22(16-4-3-11-27-13-16)21(24(30)25(28)31)23(29)19-12-17(26)7-10-20(19)33-2/h3-13,22,29H,14H2,1-2H3/b23-21+. The predicted octanol–water partition coefficient (Wildman–Crippen LogP) is 3.86. The van der Waals surface area contributed by atoms with Crippen molar-refractivity contribution in [2.75, 3.05) is 14.2 Å². The lowest BCUT2D eigenvalue weighted by atomic mass is 9.95. The maximum atomic E-state index is 14.0. The first-order valence-corrected chi connectivity index (χ1v) is 10.1. The molecule has 4 rings (SSSR count). The van der Waals surface area contributed by atoms with Crippen LogP contribution in [0.15, 0.2) is 72.6 Å². The quantitative estimate of drug-likeness (QED) is 0.350. The average Bonchev–Trinajstić information content (AvgIpc) is 3.09. The number of aromatic nitrogens is 1. The van der Waals surface area contributed by atoms with Crippen LogP contribution in [0.4, 0.5) is 4.39 Å². The van der Waals surface area contributed by atoms with Crippen molar-refractivity contribution in [1.29, 1.82) is 0 Å². The molecule has 33 heavy (non-hydrogen) atoms. The zero-order valence-corrected chi connectivity index (χ0v) is 18.0. The number of ketones is 1. The second kappa shape index (κ2) is 9.12. The van der Waals surface area contributed by atoms with Gasteiger partial charge in [-0.05, 0) is 47.5 Å². The number of likely N-dealkylation sites (tertiary alicyclic amines) is 1. The predicted molar refractivity (Wildman–Crippen MR) is 118 cm³/mol. The minimum atomic E-state index is -0.922. The number of aliphatic hydroxyl groups excluding tert-OH is 1. The van der Waals surface area contributed by atoms with Crippen LogP contribution in [0.25, 0.3) is 5.76 Å². The average molecular weight is 448 g/mol. The van der Waals surface area contributed by atoms with Gasteiger partial charge in [-0.1, -0.05) is 18.2 Å². The van der Waals surface area contributed by atoms with Crippen molar-refractivity contribution in [2.45, 2.75) is 12.6 Å². The van der Waals surface area contributed by atoms with Crippen LogP contribution in [0.2, 0.25) is 0 Å². The monoisotopic (exact) mass is 448 g/mol. The van der Waals surface area contributed by atoms with Crippen molar-refractivity contribution in [2.24, 2.45) is 0 Å². The van der Waals surface area contributed by atoms with Gasteiger partial charge in [-0.15, -0.1) is 0 Å². The number of hydrogen-bond acceptors (Lipinski definition) is 6. The molecule has 1 aromatic heterocycles. The maximum Gasteiger partial charge on any atom is 0.295 e. The fraction of sp³-hybridized carbons (Fsp3) is 0.160. The van der Waals surface area contributed by atoms with Crippen LogP contribution in [0.1, 0.15) is 22.7 Å². The second-order valence-electron chi connectivity index (χ2n) is 7.41. The highest BCUT2D eigenvalue weighted by molar-refractivity contribution is 6.46. The van der Waals surface area contributed by atoms with Gasteiger partial charge in [0.2, 0.25) is 0 Å². The molecule has 2 aromatic carbocycles. The van der Waals surface area contributed by atoms with Gasteiger partial charge in [0.1, 0.15) is 23.1 Å². The summed E-state index contributed by atoms with van der Waals surface area (Å²) in [5.41, 5.74) is 1.11. The summed E-state index contributed by atoms with van der Waals surface area (Å²) in [5.74, 6) is -1.97. The van der Waals surface area contributed by atoms with Crippen LogP contribution < -0.4 is 9.47 Å². The number of hydrogen-bond donors (Lipinski definition) is 1. The lowest BCUT2D eigenvalue weighted by Crippen LogP contribution is -2.29. The van der Waals surface area contributed by atoms with Crippen LogP contribution in [0.3, 0.4) is 0 Å². The molecule has 1 amide bonds. The normalized spacial score (nSPS) is 17.3. The summed E-state index contributed by atoms with van der Waals surface area (Å²) in [4.78, 5) is 31.6. The van der Waals surface area contributed by atoms with Crippen LogP contribution >= 0.6 is 0 Å². The minimum absolute atomic E-state index is 0.0196. The van der Waals surface area contributed by atoms with Crippen LogP contribution in [-0.4, -0.2) is 40.9 Å². The number of nitrogens with zero attached hydrogens (tertiary/aromatic N) is 2. The SMILES string of the molecule is COc1ccc(CN2C(=O)C(=O)/C(=C(/O)c3cc(F)ccc3OC)C2c2cccnc2)cc1. The van der Waals surface area contributed by atoms with E-state index in [0.29, 0.717) is 11.3 Å². The number of benzene rings is 2. The van der Waals surface area contributed by atoms with Gasteiger partial charge in [0, 0.05) is 18.9 Å². The number of aliphatic hydroxyl groups is 1. The molecule has 1 unspecified atom stereocenters. The molecule has 1 saturated heterocycles. The lowest BCUT2D eigenvalue weighted by Gasteiger charge is -2.25. The Bertz CT molecular complexity index is 1230. The first-order valence-electron chi connectivity index (χ1n) is 10.1. The van der Waals surface area contributed by atoms with Crippen molar-refractivity contribution < 1.29 is 28.6 Å². The number of Topliss-reactive ketones (excluding diaryl/α,β-unsaturated/α-hetero) is 1. The molecule has 8 heteroatoms. The molecular weight excluding hydrogens is 427 g/mol. The van der Waals surface area contributed by atoms with Gasteiger partial charge in [0.25, 0.3) is 11.7 Å². The molecule has 1 atom stereocenters. The topological polar surface area (TPSA) is 89.0 Å². The van der Waals surface area contributed by atoms with Gasteiger partial charge in [0.05, 0.1) is 31.4 Å². The summed E-state index contributed by atoms with van der Waals surface area (Å²) in [7, 11) is 2.92. The van der Waals surface area contributed by atoms with E-state index in [4.69, 9.17) is 9.47 Å². The van der Waals surface area contributed by atoms with E-state index in [1.165, 1.54) is 30.3 Å². The summed E-state index contributed by atoms with van der Waals surface area (Å²) in [6.07, 6.45) is 3.09. The van der Waals surface area contributed by atoms with Gasteiger partial charge < -0.3 is 19.5 Å². The number of rotatable bonds is 6. The molecule has 0 saturated carbocycles. The Balaban J connectivity index is 1.86. The first kappa shape index (κ1) is 22.0. The van der Waals surface area contributed by atoms with E-state index < -0.39 is 29.3 Å². The number of methoxy groups -OCH3 is 2. The first-order chi connectivity index (χ1) is 15.9. The molecule has 1 aliphatic rings. The molecule has 0 spiro atoms. The molecule has 2 heterocycles. The van der Waals surface area contributed by atoms with Gasteiger partial charge in [-0.2, -0.15) is 0 Å². The molecule has 1 aliphatic heterocycles. The number of halogens is 1. The van der Waals surface area contributed by atoms with E-state index in [2.05, 4.69) is 4.98 Å². The third-order valence-electron chi connectivity index (χ3n) is 5.47. The zero-order chi connectivity index (χ0) is 23.5. The molecule has 7 nitrogen and oxygen atoms in total. The fourth-order valence-electron chi connectivity index (χ4n) is 3.87. The molecule has 0 bridgehead atoms. The number of ether oxygens (including phenoxy) is 2. The van der Waals surface area contributed by atoms with Crippen molar-refractivity contribution in [1.82, 2.24) is 9.88 Å². The Morgan fingerprint density at radius 1 is 1.09 bits per heavy atom. The molecule has 168 valence electrons. The summed E-state index contributed by atoms with van der Waals surface area (Å²) >= 11 is 0. The van der Waals surface area contributed by atoms with E-state index in [0.717, 1.165) is 11.6 Å². The summed E-state index contributed by atoms with van der Waals surface area (Å²) < 4.78 is 24.4. The Morgan fingerprint density at radius 3 is 2.48 bits per heavy atom. The molecule has 3 aromatic rings. The Kier molecular flexibility index (Phi) is 6.08. The summed E-state index contributed by atoms with van der Waals surface area (Å²) in [6.45, 7) is 0.102. The van der Waals surface area contributed by atoms with Crippen molar-refractivity contribution >= 4 is 17.4 Å². The number of carbonyl (C=O) groups is 2. The zero-order valence-electron chi connectivity index (χ0n) is 18.0. The third kappa shape index (κ3) is 4.15. The van der Waals surface area contributed by atoms with Gasteiger partial charge >= 0.3 is 0 Å². The van der Waals surface area contributed by atoms with Gasteiger partial charge in [-0.25, -0.2) is 4.39 Å². The molecule has 0 radical (unpaired) electrons. The van der Waals surface area contributed by atoms with Gasteiger partial charge in [0.15, 0.2) is 0 Å². The maximum absolute atomic E-state index is 14.0. The Morgan fingerprint density at radius 2 is 1.85 bits per heavy atom. The number of pyridine rings is 1. The van der Waals surface area contributed by atoms with Crippen molar-refractivity contribution in [3.63, 3.8) is 0 Å². The minimum Gasteiger partial charge on any atom is -0.507 e. The van der Waals surface area contributed by atoms with Crippen LogP contribution in [0, 0.1) is 5.82 Å². The number of amides is 1. The highest BCUT2D eigenvalue weighted by atomic mass is 19.1. The van der Waals surface area contributed by atoms with Crippen molar-refractivity contribution in [3.05, 3.63) is 95.1 Å². The van der Waals surface area contributed by atoms with E-state index in [9.17, 15) is 19.1 Å². The van der Waals surface area contributed by atoms with Crippen LogP contribution in [0.5, 0.6) is 11.5 Å². The van der Waals surface area contributed by atoms with Crippen molar-refractivity contribution in [3.8, 4) is 11.5 Å². The van der Waals surface area contributed by atoms with E-state index >= 15 is 0 Å². The fourth-order valence-corrected chi connectivity index (χ4v) is 3.87. The second-order valence-corrected chi connectivity index (χ2v) is 7.41. The third-order valence-corrected chi connectivity index (χ3v) is 5.47. The number of carbonyl (C=O) groups excluding carboxylic acids is 2. The molecule has 0 aliphatic carbocycles. The van der Waals surface area contributed by atoms with E-state index in [1.807, 2.05) is 0 Å². The Labute approximate surface area is 189 Å². The van der Waals surface area contributed by atoms with E-state index in [-0.39, 0.29) is 23.4 Å². The molecule has 1 N–H and O–H groups in total. The molecule has 1 fully saturated rings. The summed E-state index contributed by atoms with van der Waals surface area (Å²) in [6, 6.07) is 13.1.